The van der Waals surface area contributed by atoms with Crippen LogP contribution in [0, 0.1) is 0 Å². The lowest BCUT2D eigenvalue weighted by Gasteiger charge is -2.35. The Labute approximate surface area is 198 Å². The van der Waals surface area contributed by atoms with Crippen molar-refractivity contribution in [3.63, 3.8) is 0 Å². The molecule has 3 aromatic rings. The minimum atomic E-state index is -0.618. The molecule has 1 aliphatic rings. The molecule has 1 aliphatic heterocycles. The lowest BCUT2D eigenvalue weighted by molar-refractivity contribution is 0.100. The molecular weight excluding hydrogens is 439 g/mol. The van der Waals surface area contributed by atoms with Gasteiger partial charge < -0.3 is 19.8 Å². The van der Waals surface area contributed by atoms with Gasteiger partial charge in [-0.1, -0.05) is 48.2 Å². The van der Waals surface area contributed by atoms with E-state index in [0.717, 1.165) is 16.9 Å². The molecule has 0 amide bonds. The van der Waals surface area contributed by atoms with Gasteiger partial charge in [0.2, 0.25) is 0 Å². The number of nitrogens with zero attached hydrogens (tertiary/aromatic N) is 2. The SMILES string of the molecule is OCCN(Cc1ccc(OCCF)cc1)C[C@@H](O)CN1c2ccccc2Sc2ccccc21. The Morgan fingerprint density at radius 3 is 2.18 bits per heavy atom. The summed E-state index contributed by atoms with van der Waals surface area (Å²) in [6, 6.07) is 24.0. The Balaban J connectivity index is 1.44. The average Bonchev–Trinajstić information content (AvgIpc) is 2.83. The third-order valence-electron chi connectivity index (χ3n) is 5.49. The number of benzene rings is 3. The Morgan fingerprint density at radius 1 is 0.939 bits per heavy atom. The average molecular weight is 469 g/mol. The third-order valence-corrected chi connectivity index (χ3v) is 6.62. The fourth-order valence-corrected chi connectivity index (χ4v) is 5.12. The molecule has 2 N–H and O–H groups in total. The number of para-hydroxylation sites is 2. The summed E-state index contributed by atoms with van der Waals surface area (Å²) in [7, 11) is 0. The van der Waals surface area contributed by atoms with Crippen LogP contribution >= 0.6 is 11.8 Å². The van der Waals surface area contributed by atoms with E-state index in [0.29, 0.717) is 31.9 Å². The van der Waals surface area contributed by atoms with Crippen LogP contribution in [0.2, 0.25) is 0 Å². The molecule has 5 nitrogen and oxygen atoms in total. The molecule has 4 rings (SSSR count). The van der Waals surface area contributed by atoms with E-state index in [1.165, 1.54) is 9.79 Å². The van der Waals surface area contributed by atoms with Crippen LogP contribution in [0.3, 0.4) is 0 Å². The second-order valence-corrected chi connectivity index (χ2v) is 9.03. The second-order valence-electron chi connectivity index (χ2n) is 7.94. The number of rotatable bonds is 11. The molecule has 0 spiro atoms. The molecule has 174 valence electrons. The van der Waals surface area contributed by atoms with Crippen molar-refractivity contribution in [2.75, 3.05) is 44.4 Å². The van der Waals surface area contributed by atoms with Crippen LogP contribution in [0.15, 0.2) is 82.6 Å². The van der Waals surface area contributed by atoms with Crippen LogP contribution in [-0.4, -0.2) is 60.7 Å². The first-order chi connectivity index (χ1) is 16.2. The second kappa shape index (κ2) is 11.5. The summed E-state index contributed by atoms with van der Waals surface area (Å²) in [4.78, 5) is 6.56. The lowest BCUT2D eigenvalue weighted by Crippen LogP contribution is -2.40. The van der Waals surface area contributed by atoms with Crippen LogP contribution in [0.4, 0.5) is 15.8 Å². The highest BCUT2D eigenvalue weighted by Crippen LogP contribution is 2.47. The maximum absolute atomic E-state index is 12.3. The predicted molar refractivity (Wildman–Crippen MR) is 130 cm³/mol. The molecule has 0 radical (unpaired) electrons. The number of aliphatic hydroxyl groups excluding tert-OH is 2. The molecule has 7 heteroatoms. The van der Waals surface area contributed by atoms with Gasteiger partial charge in [0.05, 0.1) is 30.6 Å². The van der Waals surface area contributed by atoms with E-state index in [2.05, 4.69) is 29.2 Å². The van der Waals surface area contributed by atoms with E-state index in [1.807, 2.05) is 53.4 Å². The smallest absolute Gasteiger partial charge is 0.123 e. The van der Waals surface area contributed by atoms with Gasteiger partial charge in [0.25, 0.3) is 0 Å². The maximum atomic E-state index is 12.3. The fraction of sp³-hybridized carbons (Fsp3) is 0.308. The lowest BCUT2D eigenvalue weighted by atomic mass is 10.1. The number of β-amino-alcohol motifs (C(OH)–C–C–N with tert-alkyl or cyclic N) is 1. The summed E-state index contributed by atoms with van der Waals surface area (Å²) < 4.78 is 17.6. The van der Waals surface area contributed by atoms with Gasteiger partial charge in [0, 0.05) is 29.4 Å². The van der Waals surface area contributed by atoms with Crippen molar-refractivity contribution in [1.29, 1.82) is 0 Å². The number of anilines is 2. The molecule has 3 aromatic carbocycles. The largest absolute Gasteiger partial charge is 0.491 e. The fourth-order valence-electron chi connectivity index (χ4n) is 4.03. The molecule has 1 heterocycles. The Hall–Kier alpha value is -2.58. The molecule has 33 heavy (non-hydrogen) atoms. The van der Waals surface area contributed by atoms with Gasteiger partial charge >= 0.3 is 0 Å². The Kier molecular flexibility index (Phi) is 8.23. The van der Waals surface area contributed by atoms with E-state index >= 15 is 0 Å². The van der Waals surface area contributed by atoms with E-state index in [-0.39, 0.29) is 13.2 Å². The molecule has 1 atom stereocenters. The molecule has 0 saturated heterocycles. The van der Waals surface area contributed by atoms with Gasteiger partial charge in [0.15, 0.2) is 0 Å². The number of aliphatic hydroxyl groups is 2. The molecule has 0 bridgehead atoms. The van der Waals surface area contributed by atoms with Gasteiger partial charge in [-0.3, -0.25) is 4.90 Å². The van der Waals surface area contributed by atoms with Crippen LogP contribution < -0.4 is 9.64 Å². The Bertz CT molecular complexity index is 989. The van der Waals surface area contributed by atoms with Crippen molar-refractivity contribution in [1.82, 2.24) is 4.90 Å². The summed E-state index contributed by atoms with van der Waals surface area (Å²) in [5.41, 5.74) is 3.23. The number of alkyl halides is 1. The van der Waals surface area contributed by atoms with Gasteiger partial charge in [0.1, 0.15) is 19.0 Å². The zero-order valence-corrected chi connectivity index (χ0v) is 19.3. The quantitative estimate of drug-likeness (QED) is 0.432. The standard InChI is InChI=1S/C26H29FN2O3S/c27-13-16-32-22-11-9-20(10-12-22)17-28(14-15-30)18-21(31)19-29-23-5-1-3-7-25(23)33-26-8-4-2-6-24(26)29/h1-12,21,30-31H,13-19H2/t21-/m1/s1. The summed E-state index contributed by atoms with van der Waals surface area (Å²) in [5.74, 6) is 0.630. The van der Waals surface area contributed by atoms with E-state index in [9.17, 15) is 14.6 Å². The van der Waals surface area contributed by atoms with E-state index in [4.69, 9.17) is 4.74 Å². The topological polar surface area (TPSA) is 56.2 Å². The monoisotopic (exact) mass is 468 g/mol. The predicted octanol–water partition coefficient (Wildman–Crippen LogP) is 4.49. The van der Waals surface area contributed by atoms with Gasteiger partial charge in [-0.25, -0.2) is 4.39 Å². The maximum Gasteiger partial charge on any atom is 0.123 e. The molecule has 0 aliphatic carbocycles. The van der Waals surface area contributed by atoms with E-state index < -0.39 is 12.8 Å². The summed E-state index contributed by atoms with van der Waals surface area (Å²) >= 11 is 1.75. The number of hydrogen-bond acceptors (Lipinski definition) is 6. The van der Waals surface area contributed by atoms with E-state index in [1.54, 1.807) is 11.8 Å². The van der Waals surface area contributed by atoms with Crippen molar-refractivity contribution in [2.24, 2.45) is 0 Å². The highest BCUT2D eigenvalue weighted by molar-refractivity contribution is 7.99. The first kappa shape index (κ1) is 23.6. The Morgan fingerprint density at radius 2 is 1.58 bits per heavy atom. The molecule has 0 unspecified atom stereocenters. The number of fused-ring (bicyclic) bond motifs is 2. The van der Waals surface area contributed by atoms with Crippen LogP contribution in [0.5, 0.6) is 5.75 Å². The molecular formula is C26H29FN2O3S. The summed E-state index contributed by atoms with van der Waals surface area (Å²) in [6.07, 6.45) is -0.618. The minimum absolute atomic E-state index is 0.0104. The zero-order chi connectivity index (χ0) is 23.0. The van der Waals surface area contributed by atoms with Crippen molar-refractivity contribution >= 4 is 23.1 Å². The van der Waals surface area contributed by atoms with Gasteiger partial charge in [-0.05, 0) is 42.0 Å². The number of halogens is 1. The van der Waals surface area contributed by atoms with Gasteiger partial charge in [-0.2, -0.15) is 0 Å². The molecule has 0 aromatic heterocycles. The highest BCUT2D eigenvalue weighted by atomic mass is 32.2. The summed E-state index contributed by atoms with van der Waals surface area (Å²) in [5, 5.41) is 20.6. The van der Waals surface area contributed by atoms with Crippen LogP contribution in [0.25, 0.3) is 0 Å². The van der Waals surface area contributed by atoms with Gasteiger partial charge in [-0.15, -0.1) is 0 Å². The van der Waals surface area contributed by atoms with Crippen molar-refractivity contribution in [2.45, 2.75) is 22.4 Å². The summed E-state index contributed by atoms with van der Waals surface area (Å²) in [6.45, 7) is 1.46. The number of ether oxygens (including phenoxy) is 1. The first-order valence-electron chi connectivity index (χ1n) is 11.1. The molecule has 0 fully saturated rings. The molecule has 0 saturated carbocycles. The van der Waals surface area contributed by atoms with Crippen molar-refractivity contribution < 1.29 is 19.3 Å². The van der Waals surface area contributed by atoms with Crippen LogP contribution in [0.1, 0.15) is 5.56 Å². The minimum Gasteiger partial charge on any atom is -0.491 e. The van der Waals surface area contributed by atoms with Crippen molar-refractivity contribution in [3.8, 4) is 5.75 Å². The number of hydrogen-bond donors (Lipinski definition) is 2. The highest BCUT2D eigenvalue weighted by Gasteiger charge is 2.25. The normalized spacial score (nSPS) is 13.5. The third kappa shape index (κ3) is 6.06. The first-order valence-corrected chi connectivity index (χ1v) is 11.9. The van der Waals surface area contributed by atoms with Crippen molar-refractivity contribution in [3.05, 3.63) is 78.4 Å². The zero-order valence-electron chi connectivity index (χ0n) is 18.4. The van der Waals surface area contributed by atoms with Crippen LogP contribution in [-0.2, 0) is 6.54 Å².